The van der Waals surface area contributed by atoms with Crippen molar-refractivity contribution in [3.63, 3.8) is 0 Å². The maximum Gasteiger partial charge on any atom is 0.254 e. The molecule has 0 spiro atoms. The van der Waals surface area contributed by atoms with E-state index >= 15 is 0 Å². The molecular weight excluding hydrogens is 488 g/mol. The summed E-state index contributed by atoms with van der Waals surface area (Å²) in [6, 6.07) is 33.1. The van der Waals surface area contributed by atoms with Gasteiger partial charge in [0, 0.05) is 30.6 Å². The van der Waals surface area contributed by atoms with Crippen molar-refractivity contribution in [1.82, 2.24) is 10.4 Å². The molecule has 0 heterocycles. The van der Waals surface area contributed by atoms with Crippen molar-refractivity contribution in [2.75, 3.05) is 6.61 Å². The Morgan fingerprint density at radius 2 is 1.41 bits per heavy atom. The predicted molar refractivity (Wildman–Crippen MR) is 152 cm³/mol. The fraction of sp³-hybridized carbons (Fsp3) is 0.212. The fourth-order valence-electron chi connectivity index (χ4n) is 4.17. The first kappa shape index (κ1) is 24.9. The number of unbranched alkanes of at least 4 members (excludes halogenated alkanes) is 2. The van der Waals surface area contributed by atoms with Crippen molar-refractivity contribution in [1.29, 1.82) is 0 Å². The van der Waals surface area contributed by atoms with E-state index < -0.39 is 18.3 Å². The molecule has 0 atom stereocenters. The van der Waals surface area contributed by atoms with Crippen molar-refractivity contribution in [3.05, 3.63) is 126 Å². The minimum absolute atomic E-state index is 0.00594. The smallest absolute Gasteiger partial charge is 0.254 e. The van der Waals surface area contributed by atoms with E-state index in [1.165, 1.54) is 4.90 Å². The lowest BCUT2D eigenvalue weighted by molar-refractivity contribution is -0.129. The number of amides is 2. The highest BCUT2D eigenvalue weighted by molar-refractivity contribution is 5.94. The van der Waals surface area contributed by atoms with E-state index in [9.17, 15) is 9.59 Å². The predicted octanol–water partition coefficient (Wildman–Crippen LogP) is 6.64. The van der Waals surface area contributed by atoms with Crippen LogP contribution in [-0.4, -0.2) is 28.5 Å². The zero-order chi connectivity index (χ0) is 29.1. The van der Waals surface area contributed by atoms with Gasteiger partial charge in [-0.2, -0.15) is 0 Å². The lowest BCUT2D eigenvalue weighted by atomic mass is 10.0. The van der Waals surface area contributed by atoms with Crippen LogP contribution < -0.4 is 10.2 Å². The summed E-state index contributed by atoms with van der Waals surface area (Å²) >= 11 is 0. The molecule has 0 bridgehead atoms. The Kier molecular flexibility index (Phi) is 9.25. The number of hydrogen-bond acceptors (Lipinski definition) is 4. The molecule has 6 heteroatoms. The van der Waals surface area contributed by atoms with Gasteiger partial charge in [-0.1, -0.05) is 91.0 Å². The van der Waals surface area contributed by atoms with Crippen molar-refractivity contribution < 1.29 is 22.3 Å². The average Bonchev–Trinajstić information content (AvgIpc) is 3.02. The van der Waals surface area contributed by atoms with Crippen molar-refractivity contribution in [2.45, 2.75) is 38.7 Å². The minimum Gasteiger partial charge on any atom is -0.493 e. The molecule has 200 valence electrons. The summed E-state index contributed by atoms with van der Waals surface area (Å²) in [5.74, 6) is -0.277. The second-order valence-corrected chi connectivity index (χ2v) is 9.11. The molecule has 0 saturated carbocycles. The summed E-state index contributed by atoms with van der Waals surface area (Å²) in [6.45, 7) is -1.71. The second kappa shape index (κ2) is 14.5. The van der Waals surface area contributed by atoms with Gasteiger partial charge in [0.1, 0.15) is 5.75 Å². The zero-order valence-corrected chi connectivity index (χ0v) is 21.8. The summed E-state index contributed by atoms with van der Waals surface area (Å²) in [4.78, 5) is 26.4. The summed E-state index contributed by atoms with van der Waals surface area (Å²) in [7, 11) is 0. The van der Waals surface area contributed by atoms with Crippen LogP contribution in [-0.2, 0) is 17.8 Å². The number of hydrogen-bond donors (Lipinski definition) is 2. The minimum atomic E-state index is -2.10. The standard InChI is InChI=1S/C33H34N2O4/c36-32(34-38)18-8-3-11-23-39-31-17-10-9-16-30(31)25-35(24-26-12-4-1-5-13-26)33(37)29-21-19-28(20-22-29)27-14-6-2-7-15-27/h1-2,4-7,9-10,12-17,19-22,38H,3,8,11,18,23-25H2,(H,34,36)/i24D2. The van der Waals surface area contributed by atoms with Crippen LogP contribution in [0.1, 0.15) is 49.9 Å². The van der Waals surface area contributed by atoms with E-state index in [-0.39, 0.29) is 13.0 Å². The first-order chi connectivity index (χ1) is 19.9. The molecule has 39 heavy (non-hydrogen) atoms. The third-order valence-electron chi connectivity index (χ3n) is 6.25. The summed E-state index contributed by atoms with van der Waals surface area (Å²) < 4.78 is 24.1. The summed E-state index contributed by atoms with van der Waals surface area (Å²) in [6.07, 6.45) is 2.31. The van der Waals surface area contributed by atoms with E-state index in [4.69, 9.17) is 12.7 Å². The molecule has 0 aliphatic heterocycles. The first-order valence-electron chi connectivity index (χ1n) is 14.1. The molecular formula is C33H34N2O4. The molecule has 0 unspecified atom stereocenters. The van der Waals surface area contributed by atoms with Gasteiger partial charge in [0.25, 0.3) is 5.91 Å². The maximum atomic E-state index is 13.9. The quantitative estimate of drug-likeness (QED) is 0.117. The van der Waals surface area contributed by atoms with Gasteiger partial charge in [0.2, 0.25) is 5.91 Å². The van der Waals surface area contributed by atoms with Crippen LogP contribution >= 0.6 is 0 Å². The van der Waals surface area contributed by atoms with Crippen LogP contribution in [0.25, 0.3) is 11.1 Å². The van der Waals surface area contributed by atoms with Gasteiger partial charge in [-0.3, -0.25) is 14.8 Å². The molecule has 0 saturated heterocycles. The molecule has 0 aliphatic carbocycles. The lowest BCUT2D eigenvalue weighted by Crippen LogP contribution is -2.30. The van der Waals surface area contributed by atoms with Crippen LogP contribution in [0.15, 0.2) is 109 Å². The van der Waals surface area contributed by atoms with Gasteiger partial charge in [0.15, 0.2) is 0 Å². The molecule has 2 amide bonds. The Hall–Kier alpha value is -4.42. The van der Waals surface area contributed by atoms with Crippen molar-refractivity contribution in [2.24, 2.45) is 0 Å². The van der Waals surface area contributed by atoms with E-state index in [0.717, 1.165) is 17.5 Å². The van der Waals surface area contributed by atoms with Crippen LogP contribution in [0.2, 0.25) is 0 Å². The Labute approximate surface area is 232 Å². The number of nitrogens with one attached hydrogen (secondary N) is 1. The summed E-state index contributed by atoms with van der Waals surface area (Å²) in [5.41, 5.74) is 5.07. The van der Waals surface area contributed by atoms with Gasteiger partial charge >= 0.3 is 0 Å². The molecule has 6 nitrogen and oxygen atoms in total. The number of rotatable bonds is 13. The van der Waals surface area contributed by atoms with E-state index in [1.54, 1.807) is 41.9 Å². The zero-order valence-electron chi connectivity index (χ0n) is 23.8. The van der Waals surface area contributed by atoms with Gasteiger partial charge in [-0.05, 0) is 54.2 Å². The Bertz CT molecular complexity index is 1410. The number of para-hydroxylation sites is 1. The highest BCUT2D eigenvalue weighted by atomic mass is 16.5. The molecule has 2 N–H and O–H groups in total. The largest absolute Gasteiger partial charge is 0.493 e. The second-order valence-electron chi connectivity index (χ2n) is 9.11. The third kappa shape index (κ3) is 8.28. The molecule has 4 aromatic rings. The molecule has 0 aliphatic rings. The number of benzene rings is 4. The average molecular weight is 525 g/mol. The van der Waals surface area contributed by atoms with Crippen LogP contribution in [0, 0.1) is 0 Å². The fourth-order valence-corrected chi connectivity index (χ4v) is 4.17. The number of ether oxygens (including phenoxy) is 1. The highest BCUT2D eigenvalue weighted by Gasteiger charge is 2.19. The maximum absolute atomic E-state index is 13.9. The van der Waals surface area contributed by atoms with Gasteiger partial charge < -0.3 is 9.64 Å². The van der Waals surface area contributed by atoms with E-state index in [0.29, 0.717) is 41.9 Å². The monoisotopic (exact) mass is 524 g/mol. The Morgan fingerprint density at radius 1 is 0.769 bits per heavy atom. The molecule has 0 aromatic heterocycles. The van der Waals surface area contributed by atoms with Gasteiger partial charge in [-0.25, -0.2) is 5.48 Å². The number of carbonyl (C=O) groups excluding carboxylic acids is 2. The topological polar surface area (TPSA) is 78.9 Å². The first-order valence-corrected chi connectivity index (χ1v) is 13.1. The number of carbonyl (C=O) groups is 2. The Morgan fingerprint density at radius 3 is 2.13 bits per heavy atom. The molecule has 4 aromatic carbocycles. The van der Waals surface area contributed by atoms with E-state index in [2.05, 4.69) is 0 Å². The molecule has 0 fully saturated rings. The van der Waals surface area contributed by atoms with Gasteiger partial charge in [-0.15, -0.1) is 0 Å². The highest BCUT2D eigenvalue weighted by Crippen LogP contribution is 2.24. The molecule has 4 rings (SSSR count). The Balaban J connectivity index is 1.55. The van der Waals surface area contributed by atoms with E-state index in [1.807, 2.05) is 72.8 Å². The van der Waals surface area contributed by atoms with Crippen molar-refractivity contribution >= 4 is 11.8 Å². The number of hydroxylamine groups is 1. The van der Waals surface area contributed by atoms with Crippen LogP contribution in [0.4, 0.5) is 0 Å². The normalized spacial score (nSPS) is 11.7. The SMILES string of the molecule is [2H]C([2H])(c1ccccc1)N(Cc1ccccc1OCCCCCC(=O)NO)C(=O)c1ccc(-c2ccccc2)cc1. The van der Waals surface area contributed by atoms with Gasteiger partial charge in [0.05, 0.1) is 9.35 Å². The molecule has 0 radical (unpaired) electrons. The van der Waals surface area contributed by atoms with Crippen LogP contribution in [0.5, 0.6) is 5.75 Å². The summed E-state index contributed by atoms with van der Waals surface area (Å²) in [5, 5.41) is 8.61. The van der Waals surface area contributed by atoms with Crippen molar-refractivity contribution in [3.8, 4) is 16.9 Å². The third-order valence-corrected chi connectivity index (χ3v) is 6.25. The van der Waals surface area contributed by atoms with Crippen LogP contribution in [0.3, 0.4) is 0 Å². The number of nitrogens with zero attached hydrogens (tertiary/aromatic N) is 1. The lowest BCUT2D eigenvalue weighted by Gasteiger charge is -2.24.